The first-order valence-corrected chi connectivity index (χ1v) is 11.7. The normalized spacial score (nSPS) is 14.1. The number of aliphatic hydroxyl groups is 1. The van der Waals surface area contributed by atoms with Crippen molar-refractivity contribution in [3.05, 3.63) is 122 Å². The lowest BCUT2D eigenvalue weighted by molar-refractivity contribution is 0.512. The van der Waals surface area contributed by atoms with Crippen LogP contribution in [0.1, 0.15) is 22.5 Å². The molecule has 0 radical (unpaired) electrons. The smallest absolute Gasteiger partial charge is 0.282 e. The van der Waals surface area contributed by atoms with Crippen LogP contribution >= 0.6 is 22.9 Å². The fourth-order valence-corrected chi connectivity index (χ4v) is 5.75. The van der Waals surface area contributed by atoms with Gasteiger partial charge in [0.05, 0.1) is 22.5 Å². The van der Waals surface area contributed by atoms with Gasteiger partial charge in [-0.2, -0.15) is 4.98 Å². The number of benzene rings is 3. The highest BCUT2D eigenvalue weighted by Crippen LogP contribution is 2.40. The number of hydrogen-bond acceptors (Lipinski definition) is 4. The van der Waals surface area contributed by atoms with Gasteiger partial charge in [0.1, 0.15) is 16.4 Å². The van der Waals surface area contributed by atoms with Crippen molar-refractivity contribution < 1.29 is 5.11 Å². The summed E-state index contributed by atoms with van der Waals surface area (Å²) in [4.78, 5) is 18.7. The van der Waals surface area contributed by atoms with Gasteiger partial charge in [-0.05, 0) is 28.8 Å². The van der Waals surface area contributed by atoms with E-state index in [1.165, 1.54) is 11.3 Å². The summed E-state index contributed by atoms with van der Waals surface area (Å²) in [7, 11) is 0. The average Bonchev–Trinajstić information content (AvgIpc) is 3.30. The lowest BCUT2D eigenvalue weighted by atomic mass is 9.92. The van der Waals surface area contributed by atoms with Crippen LogP contribution in [-0.4, -0.2) is 14.7 Å². The van der Waals surface area contributed by atoms with E-state index in [4.69, 9.17) is 11.6 Å². The summed E-state index contributed by atoms with van der Waals surface area (Å²) in [5, 5.41) is 14.5. The lowest BCUT2D eigenvalue weighted by Crippen LogP contribution is -2.23. The van der Waals surface area contributed by atoms with Crippen molar-refractivity contribution >= 4 is 44.5 Å². The minimum atomic E-state index is -0.305. The maximum Gasteiger partial charge on any atom is 0.282 e. The summed E-state index contributed by atoms with van der Waals surface area (Å²) in [6.07, 6.45) is 0. The number of thiophene rings is 1. The van der Waals surface area contributed by atoms with Crippen LogP contribution in [0.4, 0.5) is 0 Å². The average molecular weight is 469 g/mol. The molecule has 0 spiro atoms. The largest absolute Gasteiger partial charge is 0.506 e. The first-order valence-electron chi connectivity index (χ1n) is 10.5. The van der Waals surface area contributed by atoms with E-state index < -0.39 is 0 Å². The van der Waals surface area contributed by atoms with Gasteiger partial charge in [0.15, 0.2) is 0 Å². The number of rotatable bonds is 2. The van der Waals surface area contributed by atoms with Crippen molar-refractivity contribution in [1.82, 2.24) is 9.55 Å². The molecule has 1 N–H and O–H groups in total. The van der Waals surface area contributed by atoms with Crippen LogP contribution in [0.3, 0.4) is 0 Å². The summed E-state index contributed by atoms with van der Waals surface area (Å²) in [5.41, 5.74) is 4.46. The molecule has 3 heterocycles. The van der Waals surface area contributed by atoms with Gasteiger partial charge in [0.25, 0.3) is 5.56 Å². The third-order valence-corrected chi connectivity index (χ3v) is 7.31. The van der Waals surface area contributed by atoms with E-state index in [9.17, 15) is 9.90 Å². The van der Waals surface area contributed by atoms with E-state index in [-0.39, 0.29) is 11.3 Å². The zero-order valence-electron chi connectivity index (χ0n) is 17.3. The second-order valence-corrected chi connectivity index (χ2v) is 9.15. The SMILES string of the molecule is O=c1nc2n(c3scc(-c4ccccc4)c13)Cc1ccccc1C2=C(O)c1ccccc1Cl. The minimum Gasteiger partial charge on any atom is -0.506 e. The molecular formula is C27H17ClN2O2S. The molecule has 3 aromatic carbocycles. The van der Waals surface area contributed by atoms with Gasteiger partial charge in [-0.1, -0.05) is 78.3 Å². The van der Waals surface area contributed by atoms with Gasteiger partial charge < -0.3 is 9.67 Å². The highest BCUT2D eigenvalue weighted by molar-refractivity contribution is 7.17. The molecule has 4 nitrogen and oxygen atoms in total. The molecular weight excluding hydrogens is 452 g/mol. The molecule has 6 heteroatoms. The van der Waals surface area contributed by atoms with Crippen molar-refractivity contribution in [2.75, 3.05) is 0 Å². The zero-order valence-corrected chi connectivity index (χ0v) is 18.9. The van der Waals surface area contributed by atoms with E-state index in [1.807, 2.05) is 76.7 Å². The molecule has 0 saturated carbocycles. The maximum atomic E-state index is 13.3. The van der Waals surface area contributed by atoms with Gasteiger partial charge >= 0.3 is 0 Å². The van der Waals surface area contributed by atoms with E-state index >= 15 is 0 Å². The Morgan fingerprint density at radius 3 is 2.48 bits per heavy atom. The molecule has 0 aliphatic carbocycles. The Morgan fingerprint density at radius 2 is 1.67 bits per heavy atom. The van der Waals surface area contributed by atoms with Crippen molar-refractivity contribution in [1.29, 1.82) is 0 Å². The summed E-state index contributed by atoms with van der Waals surface area (Å²) in [6.45, 7) is 0.559. The standard InChI is InChI=1S/C27H17ClN2O2S/c28-21-13-7-6-12-19(21)24(31)22-18-11-5-4-10-17(18)14-30-25(22)29-26(32)23-20(15-33-27(23)30)16-8-2-1-3-9-16/h1-13,15,31H,14H2. The van der Waals surface area contributed by atoms with Gasteiger partial charge in [-0.25, -0.2) is 0 Å². The first-order chi connectivity index (χ1) is 16.1. The van der Waals surface area contributed by atoms with Gasteiger partial charge in [0.2, 0.25) is 0 Å². The molecule has 0 fully saturated rings. The molecule has 0 saturated heterocycles. The van der Waals surface area contributed by atoms with Crippen LogP contribution in [-0.2, 0) is 6.54 Å². The Hall–Kier alpha value is -3.67. The zero-order chi connectivity index (χ0) is 22.5. The summed E-state index contributed by atoms with van der Waals surface area (Å²) < 4.78 is 2.03. The molecule has 0 amide bonds. The summed E-state index contributed by atoms with van der Waals surface area (Å²) in [5.74, 6) is 0.456. The van der Waals surface area contributed by atoms with Crippen LogP contribution in [0.25, 0.3) is 32.7 Å². The van der Waals surface area contributed by atoms with Crippen LogP contribution in [0.15, 0.2) is 89.0 Å². The highest BCUT2D eigenvalue weighted by atomic mass is 35.5. The predicted molar refractivity (Wildman–Crippen MR) is 135 cm³/mol. The van der Waals surface area contributed by atoms with Crippen molar-refractivity contribution in [3.63, 3.8) is 0 Å². The third kappa shape index (κ3) is 3.12. The van der Waals surface area contributed by atoms with E-state index in [2.05, 4.69) is 4.98 Å². The molecule has 2 aromatic heterocycles. The van der Waals surface area contributed by atoms with Crippen molar-refractivity contribution in [3.8, 4) is 11.1 Å². The number of fused-ring (bicyclic) bond motifs is 4. The molecule has 1 aliphatic rings. The molecule has 160 valence electrons. The molecule has 0 unspecified atom stereocenters. The Bertz CT molecular complexity index is 1630. The van der Waals surface area contributed by atoms with Gasteiger partial charge in [-0.15, -0.1) is 11.3 Å². The lowest BCUT2D eigenvalue weighted by Gasteiger charge is -2.25. The van der Waals surface area contributed by atoms with Gasteiger partial charge in [0, 0.05) is 16.5 Å². The number of aromatic nitrogens is 2. The molecule has 33 heavy (non-hydrogen) atoms. The molecule has 5 aromatic rings. The Balaban J connectivity index is 1.69. The number of hydrogen-bond donors (Lipinski definition) is 1. The number of nitrogens with zero attached hydrogens (tertiary/aromatic N) is 2. The Kier molecular flexibility index (Phi) is 4.68. The third-order valence-electron chi connectivity index (χ3n) is 5.98. The number of halogens is 1. The molecule has 0 bridgehead atoms. The van der Waals surface area contributed by atoms with Crippen molar-refractivity contribution in [2.24, 2.45) is 0 Å². The fourth-order valence-electron chi connectivity index (χ4n) is 4.44. The van der Waals surface area contributed by atoms with Crippen LogP contribution in [0.5, 0.6) is 0 Å². The van der Waals surface area contributed by atoms with Crippen LogP contribution in [0.2, 0.25) is 5.02 Å². The van der Waals surface area contributed by atoms with E-state index in [0.29, 0.717) is 33.9 Å². The minimum absolute atomic E-state index is 0.00703. The monoisotopic (exact) mass is 468 g/mol. The second kappa shape index (κ2) is 7.73. The van der Waals surface area contributed by atoms with Crippen LogP contribution in [0, 0.1) is 0 Å². The van der Waals surface area contributed by atoms with Gasteiger partial charge in [-0.3, -0.25) is 4.79 Å². The maximum absolute atomic E-state index is 13.3. The summed E-state index contributed by atoms with van der Waals surface area (Å²) >= 11 is 7.93. The molecule has 6 rings (SSSR count). The number of aliphatic hydroxyl groups excluding tert-OH is 1. The quantitative estimate of drug-likeness (QED) is 0.291. The molecule has 1 aliphatic heterocycles. The Morgan fingerprint density at radius 1 is 0.939 bits per heavy atom. The Labute approximate surface area is 198 Å². The van der Waals surface area contributed by atoms with Crippen molar-refractivity contribution in [2.45, 2.75) is 6.54 Å². The first kappa shape index (κ1) is 20.0. The van der Waals surface area contributed by atoms with E-state index in [0.717, 1.165) is 27.1 Å². The predicted octanol–water partition coefficient (Wildman–Crippen LogP) is 6.61. The highest BCUT2D eigenvalue weighted by Gasteiger charge is 2.28. The topological polar surface area (TPSA) is 55.1 Å². The fraction of sp³-hybridized carbons (Fsp3) is 0.0370. The molecule has 0 atom stereocenters. The second-order valence-electron chi connectivity index (χ2n) is 7.88. The summed E-state index contributed by atoms with van der Waals surface area (Å²) in [6, 6.07) is 24.9. The van der Waals surface area contributed by atoms with E-state index in [1.54, 1.807) is 12.1 Å². The van der Waals surface area contributed by atoms with Crippen LogP contribution < -0.4 is 5.56 Å².